The van der Waals surface area contributed by atoms with Crippen LogP contribution in [0.5, 0.6) is 0 Å². The first-order valence-corrected chi connectivity index (χ1v) is 10.5. The molecule has 1 aliphatic rings. The molecule has 1 heterocycles. The van der Waals surface area contributed by atoms with Crippen LogP contribution in [-0.4, -0.2) is 6.10 Å². The second-order valence-electron chi connectivity index (χ2n) is 6.03. The molecule has 23 heavy (non-hydrogen) atoms. The molecule has 0 spiro atoms. The van der Waals surface area contributed by atoms with Gasteiger partial charge in [0.15, 0.2) is 0 Å². The maximum absolute atomic E-state index is 6.43. The Balaban J connectivity index is 2.09. The van der Waals surface area contributed by atoms with Crippen LogP contribution in [0.15, 0.2) is 60.7 Å². The minimum absolute atomic E-state index is 0.0822. The number of hydrogen-bond donors (Lipinski definition) is 1. The fourth-order valence-electron chi connectivity index (χ4n) is 3.18. The van der Waals surface area contributed by atoms with Gasteiger partial charge in [-0.3, -0.25) is 0 Å². The van der Waals surface area contributed by atoms with Crippen molar-refractivity contribution in [2.24, 2.45) is 0 Å². The summed E-state index contributed by atoms with van der Waals surface area (Å²) in [5.74, 6) is 0. The molecule has 0 bridgehead atoms. The Labute approximate surface area is 141 Å². The van der Waals surface area contributed by atoms with E-state index >= 15 is 0 Å². The van der Waals surface area contributed by atoms with E-state index in [2.05, 4.69) is 67.7 Å². The van der Waals surface area contributed by atoms with E-state index in [1.54, 1.807) is 0 Å². The highest BCUT2D eigenvalue weighted by Crippen LogP contribution is 2.54. The predicted octanol–water partition coefficient (Wildman–Crippen LogP) is 4.67. The van der Waals surface area contributed by atoms with Gasteiger partial charge < -0.3 is 9.84 Å². The molecule has 1 unspecified atom stereocenters. The quantitative estimate of drug-likeness (QED) is 0.686. The lowest BCUT2D eigenvalue weighted by Crippen LogP contribution is -2.29. The predicted molar refractivity (Wildman–Crippen MR) is 103 cm³/mol. The maximum Gasteiger partial charge on any atom is 0.128 e. The van der Waals surface area contributed by atoms with Crippen LogP contribution in [0.4, 0.5) is 11.4 Å². The number of benzene rings is 3. The van der Waals surface area contributed by atoms with Gasteiger partial charge in [0.2, 0.25) is 0 Å². The Morgan fingerprint density at radius 2 is 1.65 bits per heavy atom. The molecule has 4 rings (SSSR count). The smallest absolute Gasteiger partial charge is 0.128 e. The van der Waals surface area contributed by atoms with Gasteiger partial charge in [0.05, 0.1) is 11.8 Å². The largest absolute Gasteiger partial charge is 0.354 e. The highest BCUT2D eigenvalue weighted by molar-refractivity contribution is 8.20. The summed E-state index contributed by atoms with van der Waals surface area (Å²) in [7, 11) is 0. The molecule has 0 saturated carbocycles. The topological polar surface area (TPSA) is 21.3 Å². The highest BCUT2D eigenvalue weighted by Gasteiger charge is 2.35. The van der Waals surface area contributed by atoms with Gasteiger partial charge in [-0.25, -0.2) is 0 Å². The van der Waals surface area contributed by atoms with E-state index in [0.29, 0.717) is 0 Å². The molecule has 0 radical (unpaired) electrons. The van der Waals surface area contributed by atoms with Gasteiger partial charge in [-0.05, 0) is 42.8 Å². The van der Waals surface area contributed by atoms with Gasteiger partial charge in [0.25, 0.3) is 0 Å². The lowest BCUT2D eigenvalue weighted by molar-refractivity contribution is 0.276. The molecule has 4 heteroatoms. The van der Waals surface area contributed by atoms with E-state index in [1.807, 2.05) is 12.1 Å². The summed E-state index contributed by atoms with van der Waals surface area (Å²) in [6.07, 6.45) is -2.24. The first-order valence-electron chi connectivity index (χ1n) is 7.77. The summed E-state index contributed by atoms with van der Waals surface area (Å²) in [6.45, 7) is 4.12. The van der Waals surface area contributed by atoms with E-state index < -0.39 is 6.26 Å². The van der Waals surface area contributed by atoms with E-state index in [-0.39, 0.29) is 6.10 Å². The summed E-state index contributed by atoms with van der Waals surface area (Å²) in [5.41, 5.74) is 2.14. The third-order valence-corrected chi connectivity index (χ3v) is 8.25. The summed E-state index contributed by atoms with van der Waals surface area (Å²) in [5, 5.41) is 8.20. The summed E-state index contributed by atoms with van der Waals surface area (Å²) in [4.78, 5) is 0. The molecular formula is C19H18NOPS. The number of nitrogens with one attached hydrogen (secondary N) is 1. The van der Waals surface area contributed by atoms with Crippen LogP contribution in [0.2, 0.25) is 0 Å². The van der Waals surface area contributed by atoms with Gasteiger partial charge >= 0.3 is 0 Å². The molecular weight excluding hydrogens is 321 g/mol. The lowest BCUT2D eigenvalue weighted by Gasteiger charge is -2.34. The van der Waals surface area contributed by atoms with Gasteiger partial charge in [0.1, 0.15) is 6.26 Å². The van der Waals surface area contributed by atoms with Crippen molar-refractivity contribution in [1.29, 1.82) is 0 Å². The zero-order valence-electron chi connectivity index (χ0n) is 13.1. The summed E-state index contributed by atoms with van der Waals surface area (Å²) < 4.78 is 6.43. The van der Waals surface area contributed by atoms with E-state index in [1.165, 1.54) is 10.8 Å². The number of hydrogen-bond acceptors (Lipinski definition) is 3. The van der Waals surface area contributed by atoms with Crippen LogP contribution in [0.3, 0.4) is 0 Å². The Morgan fingerprint density at radius 3 is 2.48 bits per heavy atom. The minimum Gasteiger partial charge on any atom is -0.354 e. The van der Waals surface area contributed by atoms with Crippen molar-refractivity contribution < 1.29 is 4.52 Å². The third-order valence-electron chi connectivity index (χ3n) is 4.04. The van der Waals surface area contributed by atoms with Crippen LogP contribution < -0.4 is 15.9 Å². The average Bonchev–Trinajstić information content (AvgIpc) is 2.54. The lowest BCUT2D eigenvalue weighted by atomic mass is 10.1. The maximum atomic E-state index is 6.43. The number of anilines is 2. The Kier molecular flexibility index (Phi) is 3.53. The average molecular weight is 339 g/mol. The molecule has 1 atom stereocenters. The first-order chi connectivity index (χ1) is 11.1. The SMILES string of the molecule is CC(C)OP1(=S)c2ccccc2Nc2ccc3ccccc3c21. The first kappa shape index (κ1) is 14.9. The normalized spacial score (nSPS) is 19.3. The van der Waals surface area contributed by atoms with Crippen LogP contribution in [0, 0.1) is 0 Å². The second kappa shape index (κ2) is 5.45. The highest BCUT2D eigenvalue weighted by atomic mass is 32.4. The molecule has 1 N–H and O–H groups in total. The van der Waals surface area contributed by atoms with Gasteiger partial charge in [0, 0.05) is 16.3 Å². The summed E-state index contributed by atoms with van der Waals surface area (Å²) in [6, 6.07) is 20.9. The minimum atomic E-state index is -2.32. The fourth-order valence-corrected chi connectivity index (χ4v) is 7.52. The van der Waals surface area contributed by atoms with E-state index in [4.69, 9.17) is 16.3 Å². The Bertz CT molecular complexity index is 951. The van der Waals surface area contributed by atoms with Crippen LogP contribution >= 0.6 is 6.26 Å². The molecule has 0 saturated heterocycles. The van der Waals surface area contributed by atoms with Gasteiger partial charge in [-0.2, -0.15) is 0 Å². The zero-order valence-corrected chi connectivity index (χ0v) is 14.8. The zero-order chi connectivity index (χ0) is 16.0. The molecule has 0 aromatic heterocycles. The Hall–Kier alpha value is -1.67. The van der Waals surface area contributed by atoms with Crippen molar-refractivity contribution in [3.63, 3.8) is 0 Å². The van der Waals surface area contributed by atoms with E-state index in [9.17, 15) is 0 Å². The molecule has 2 nitrogen and oxygen atoms in total. The molecule has 3 aromatic carbocycles. The van der Waals surface area contributed by atoms with Crippen LogP contribution in [0.1, 0.15) is 13.8 Å². The third kappa shape index (κ3) is 2.31. The second-order valence-corrected chi connectivity index (χ2v) is 9.82. The van der Waals surface area contributed by atoms with Crippen LogP contribution in [-0.2, 0) is 16.3 Å². The van der Waals surface area contributed by atoms with Crippen molar-refractivity contribution >= 4 is 50.8 Å². The number of para-hydroxylation sites is 1. The Morgan fingerprint density at radius 1 is 0.913 bits per heavy atom. The van der Waals surface area contributed by atoms with Crippen molar-refractivity contribution in [3.05, 3.63) is 60.7 Å². The van der Waals surface area contributed by atoms with Crippen molar-refractivity contribution in [1.82, 2.24) is 0 Å². The number of fused-ring (bicyclic) bond motifs is 4. The van der Waals surface area contributed by atoms with E-state index in [0.717, 1.165) is 22.0 Å². The fraction of sp³-hybridized carbons (Fsp3) is 0.158. The molecule has 0 aliphatic carbocycles. The van der Waals surface area contributed by atoms with Crippen molar-refractivity contribution in [3.8, 4) is 0 Å². The van der Waals surface area contributed by atoms with Gasteiger partial charge in [-0.15, -0.1) is 0 Å². The molecule has 1 aliphatic heterocycles. The number of rotatable bonds is 2. The standard InChI is InChI=1S/C19H18NOPS/c1-13(2)21-22(23)18-10-6-5-9-16(18)20-17-12-11-14-7-3-4-8-15(14)19(17)22/h3-13,20H,1-2H3. The molecule has 3 aromatic rings. The summed E-state index contributed by atoms with van der Waals surface area (Å²) >= 11 is 6.22. The van der Waals surface area contributed by atoms with Crippen molar-refractivity contribution in [2.45, 2.75) is 20.0 Å². The molecule has 0 fully saturated rings. The van der Waals surface area contributed by atoms with Crippen molar-refractivity contribution in [2.75, 3.05) is 5.32 Å². The van der Waals surface area contributed by atoms with Crippen LogP contribution in [0.25, 0.3) is 10.8 Å². The van der Waals surface area contributed by atoms with Gasteiger partial charge in [-0.1, -0.05) is 54.3 Å². The molecule has 116 valence electrons. The monoisotopic (exact) mass is 339 g/mol. The molecule has 0 amide bonds.